The van der Waals surface area contributed by atoms with E-state index in [0.29, 0.717) is 12.6 Å². The number of aryl methyl sites for hydroxylation is 2. The van der Waals surface area contributed by atoms with E-state index in [1.807, 2.05) is 25.1 Å². The van der Waals surface area contributed by atoms with Crippen LogP contribution in [-0.4, -0.2) is 41.5 Å². The smallest absolute Gasteiger partial charge is 0.176 e. The number of aliphatic hydroxyl groups excluding tert-OH is 1. The van der Waals surface area contributed by atoms with Crippen LogP contribution in [0.5, 0.6) is 0 Å². The van der Waals surface area contributed by atoms with Crippen molar-refractivity contribution in [3.63, 3.8) is 0 Å². The molecule has 0 aromatic heterocycles. The Morgan fingerprint density at radius 3 is 2.60 bits per heavy atom. The van der Waals surface area contributed by atoms with Crippen molar-refractivity contribution in [1.82, 2.24) is 4.90 Å². The van der Waals surface area contributed by atoms with Gasteiger partial charge in [0.05, 0.1) is 6.54 Å². The molecule has 0 amide bonds. The first kappa shape index (κ1) is 15.2. The molecule has 1 aromatic rings. The summed E-state index contributed by atoms with van der Waals surface area (Å²) in [6, 6.07) is 6.47. The van der Waals surface area contributed by atoms with Gasteiger partial charge in [0.25, 0.3) is 0 Å². The van der Waals surface area contributed by atoms with E-state index in [-0.39, 0.29) is 12.4 Å². The normalized spacial score (nSPS) is 15.4. The van der Waals surface area contributed by atoms with E-state index in [4.69, 9.17) is 5.11 Å². The lowest BCUT2D eigenvalue weighted by Gasteiger charge is -2.37. The Labute approximate surface area is 121 Å². The van der Waals surface area contributed by atoms with Crippen LogP contribution >= 0.6 is 0 Å². The first-order valence-electron chi connectivity index (χ1n) is 7.57. The average Bonchev–Trinajstić information content (AvgIpc) is 2.37. The van der Waals surface area contributed by atoms with E-state index < -0.39 is 0 Å². The Hall–Kier alpha value is -1.19. The number of nitrogens with zero attached hydrogens (tertiary/aromatic N) is 1. The molecule has 20 heavy (non-hydrogen) atoms. The number of hydrogen-bond donors (Lipinski definition) is 1. The van der Waals surface area contributed by atoms with Gasteiger partial charge in [0, 0.05) is 24.8 Å². The molecule has 0 atom stereocenters. The first-order chi connectivity index (χ1) is 9.61. The lowest BCUT2D eigenvalue weighted by molar-refractivity contribution is 0.0788. The van der Waals surface area contributed by atoms with Crippen molar-refractivity contribution in [2.24, 2.45) is 0 Å². The number of benzene rings is 1. The molecular weight excluding hydrogens is 250 g/mol. The fourth-order valence-electron chi connectivity index (χ4n) is 2.61. The molecule has 0 spiro atoms. The average molecular weight is 275 g/mol. The zero-order chi connectivity index (χ0) is 14.5. The monoisotopic (exact) mass is 275 g/mol. The fraction of sp³-hybridized carbons (Fsp3) is 0.588. The van der Waals surface area contributed by atoms with Crippen LogP contribution in [0.15, 0.2) is 18.2 Å². The summed E-state index contributed by atoms with van der Waals surface area (Å²) in [6.07, 6.45) is 4.38. The highest BCUT2D eigenvalue weighted by Gasteiger charge is 2.26. The van der Waals surface area contributed by atoms with Crippen LogP contribution < -0.4 is 0 Å². The van der Waals surface area contributed by atoms with Gasteiger partial charge in [-0.1, -0.05) is 18.6 Å². The maximum Gasteiger partial charge on any atom is 0.176 e. The SMILES string of the molecule is Cc1ccc(C(=O)CN(CCCO)C2CCC2)cc1C. The molecule has 1 aliphatic carbocycles. The van der Waals surface area contributed by atoms with E-state index in [9.17, 15) is 4.79 Å². The second kappa shape index (κ2) is 7.00. The summed E-state index contributed by atoms with van der Waals surface area (Å²) < 4.78 is 0. The predicted molar refractivity (Wildman–Crippen MR) is 81.2 cm³/mol. The third-order valence-electron chi connectivity index (χ3n) is 4.37. The summed E-state index contributed by atoms with van der Waals surface area (Å²) >= 11 is 0. The highest BCUT2D eigenvalue weighted by molar-refractivity contribution is 5.97. The Morgan fingerprint density at radius 2 is 2.05 bits per heavy atom. The van der Waals surface area contributed by atoms with Crippen LogP contribution in [0.25, 0.3) is 0 Å². The van der Waals surface area contributed by atoms with Gasteiger partial charge in [-0.05, 0) is 50.3 Å². The summed E-state index contributed by atoms with van der Waals surface area (Å²) in [6.45, 7) is 5.60. The second-order valence-electron chi connectivity index (χ2n) is 5.85. The molecule has 0 unspecified atom stereocenters. The van der Waals surface area contributed by atoms with Crippen molar-refractivity contribution in [3.8, 4) is 0 Å². The third-order valence-corrected chi connectivity index (χ3v) is 4.37. The Balaban J connectivity index is 2.00. The first-order valence-corrected chi connectivity index (χ1v) is 7.57. The molecule has 0 saturated heterocycles. The van der Waals surface area contributed by atoms with Gasteiger partial charge < -0.3 is 5.11 Å². The van der Waals surface area contributed by atoms with Crippen molar-refractivity contribution >= 4 is 5.78 Å². The van der Waals surface area contributed by atoms with Crippen molar-refractivity contribution in [2.75, 3.05) is 19.7 Å². The largest absolute Gasteiger partial charge is 0.396 e. The maximum absolute atomic E-state index is 12.4. The molecule has 1 aromatic carbocycles. The zero-order valence-corrected chi connectivity index (χ0v) is 12.6. The molecule has 1 N–H and O–H groups in total. The minimum absolute atomic E-state index is 0.193. The summed E-state index contributed by atoms with van der Waals surface area (Å²) in [5, 5.41) is 8.99. The molecule has 0 radical (unpaired) electrons. The van der Waals surface area contributed by atoms with Crippen LogP contribution in [0.1, 0.15) is 47.2 Å². The minimum atomic E-state index is 0.193. The van der Waals surface area contributed by atoms with Gasteiger partial charge in [-0.2, -0.15) is 0 Å². The Bertz CT molecular complexity index is 466. The minimum Gasteiger partial charge on any atom is -0.396 e. The second-order valence-corrected chi connectivity index (χ2v) is 5.85. The summed E-state index contributed by atoms with van der Waals surface area (Å²) in [5.74, 6) is 0.193. The van der Waals surface area contributed by atoms with Gasteiger partial charge >= 0.3 is 0 Å². The van der Waals surface area contributed by atoms with Gasteiger partial charge in [0.15, 0.2) is 5.78 Å². The number of hydrogen-bond acceptors (Lipinski definition) is 3. The van der Waals surface area contributed by atoms with E-state index in [1.54, 1.807) is 0 Å². The third kappa shape index (κ3) is 3.68. The predicted octanol–water partition coefficient (Wildman–Crippen LogP) is 2.72. The van der Waals surface area contributed by atoms with E-state index in [0.717, 1.165) is 18.5 Å². The van der Waals surface area contributed by atoms with Gasteiger partial charge in [0.1, 0.15) is 0 Å². The van der Waals surface area contributed by atoms with Gasteiger partial charge in [-0.3, -0.25) is 9.69 Å². The van der Waals surface area contributed by atoms with Gasteiger partial charge in [0.2, 0.25) is 0 Å². The molecule has 1 aliphatic rings. The molecule has 1 saturated carbocycles. The standard InChI is InChI=1S/C17H25NO2/c1-13-7-8-15(11-14(13)2)17(20)12-18(9-4-10-19)16-5-3-6-16/h7-8,11,16,19H,3-6,9-10,12H2,1-2H3. The van der Waals surface area contributed by atoms with Crippen molar-refractivity contribution in [3.05, 3.63) is 34.9 Å². The van der Waals surface area contributed by atoms with Gasteiger partial charge in [-0.15, -0.1) is 0 Å². The quantitative estimate of drug-likeness (QED) is 0.778. The summed E-state index contributed by atoms with van der Waals surface area (Å²) in [7, 11) is 0. The molecular formula is C17H25NO2. The van der Waals surface area contributed by atoms with Crippen LogP contribution in [0.3, 0.4) is 0 Å². The Morgan fingerprint density at radius 1 is 1.30 bits per heavy atom. The molecule has 0 aliphatic heterocycles. The van der Waals surface area contributed by atoms with Crippen LogP contribution in [0.4, 0.5) is 0 Å². The number of rotatable bonds is 7. The summed E-state index contributed by atoms with van der Waals surface area (Å²) in [4.78, 5) is 14.7. The molecule has 1 fully saturated rings. The van der Waals surface area contributed by atoms with Crippen LogP contribution in [0, 0.1) is 13.8 Å². The topological polar surface area (TPSA) is 40.5 Å². The molecule has 3 heteroatoms. The Kier molecular flexibility index (Phi) is 5.32. The fourth-order valence-corrected chi connectivity index (χ4v) is 2.61. The molecule has 0 heterocycles. The lowest BCUT2D eigenvalue weighted by Crippen LogP contribution is -2.43. The number of carbonyl (C=O) groups is 1. The number of Topliss-reactive ketones (excluding diaryl/α,β-unsaturated/α-hetero) is 1. The molecule has 0 bridgehead atoms. The summed E-state index contributed by atoms with van der Waals surface area (Å²) in [5.41, 5.74) is 3.19. The van der Waals surface area contributed by atoms with E-state index >= 15 is 0 Å². The number of ketones is 1. The molecule has 3 nitrogen and oxygen atoms in total. The van der Waals surface area contributed by atoms with Crippen molar-refractivity contribution < 1.29 is 9.90 Å². The number of carbonyl (C=O) groups excluding carboxylic acids is 1. The van der Waals surface area contributed by atoms with Crippen molar-refractivity contribution in [2.45, 2.75) is 45.6 Å². The lowest BCUT2D eigenvalue weighted by atomic mass is 9.91. The van der Waals surface area contributed by atoms with Crippen molar-refractivity contribution in [1.29, 1.82) is 0 Å². The zero-order valence-electron chi connectivity index (χ0n) is 12.6. The highest BCUT2D eigenvalue weighted by atomic mass is 16.3. The molecule has 110 valence electrons. The van der Waals surface area contributed by atoms with E-state index in [2.05, 4.69) is 11.8 Å². The van der Waals surface area contributed by atoms with Gasteiger partial charge in [-0.25, -0.2) is 0 Å². The van der Waals surface area contributed by atoms with Crippen LogP contribution in [0.2, 0.25) is 0 Å². The van der Waals surface area contributed by atoms with Crippen LogP contribution in [-0.2, 0) is 0 Å². The van der Waals surface area contributed by atoms with E-state index in [1.165, 1.54) is 30.4 Å². The maximum atomic E-state index is 12.4. The number of aliphatic hydroxyl groups is 1. The highest BCUT2D eigenvalue weighted by Crippen LogP contribution is 2.25. The molecule has 2 rings (SSSR count).